The summed E-state index contributed by atoms with van der Waals surface area (Å²) >= 11 is 0. The highest BCUT2D eigenvalue weighted by Gasteiger charge is 2.23. The molecule has 1 aliphatic rings. The number of amides is 1. The lowest BCUT2D eigenvalue weighted by molar-refractivity contribution is 0.0941. The van der Waals surface area contributed by atoms with Gasteiger partial charge >= 0.3 is 0 Å². The molecule has 0 aliphatic carbocycles. The smallest absolute Gasteiger partial charge is 0.271 e. The summed E-state index contributed by atoms with van der Waals surface area (Å²) in [6, 6.07) is 11.1. The minimum atomic E-state index is -0.316. The summed E-state index contributed by atoms with van der Waals surface area (Å²) in [7, 11) is 0. The summed E-state index contributed by atoms with van der Waals surface area (Å²) in [6.45, 7) is 7.31. The van der Waals surface area contributed by atoms with Crippen molar-refractivity contribution in [2.75, 3.05) is 19.6 Å². The van der Waals surface area contributed by atoms with Gasteiger partial charge in [-0.1, -0.05) is 36.9 Å². The van der Waals surface area contributed by atoms with E-state index in [1.54, 1.807) is 0 Å². The zero-order chi connectivity index (χ0) is 17.6. The molecule has 0 bridgehead atoms. The first kappa shape index (κ1) is 17.1. The number of carbonyl (C=O) groups excluding carboxylic acids is 1. The lowest BCUT2D eigenvalue weighted by Crippen LogP contribution is -2.32. The van der Waals surface area contributed by atoms with E-state index in [2.05, 4.69) is 45.2 Å². The molecule has 2 aromatic rings. The van der Waals surface area contributed by atoms with E-state index in [0.717, 1.165) is 31.6 Å². The van der Waals surface area contributed by atoms with Gasteiger partial charge in [0.15, 0.2) is 0 Å². The molecule has 0 unspecified atom stereocenters. The molecule has 25 heavy (non-hydrogen) atoms. The van der Waals surface area contributed by atoms with Gasteiger partial charge in [0.1, 0.15) is 5.69 Å². The van der Waals surface area contributed by atoms with Crippen LogP contribution in [0.15, 0.2) is 47.8 Å². The van der Waals surface area contributed by atoms with Crippen molar-refractivity contribution in [3.05, 3.63) is 70.2 Å². The van der Waals surface area contributed by atoms with Gasteiger partial charge in [-0.2, -0.15) is 5.10 Å². The van der Waals surface area contributed by atoms with Crippen LogP contribution in [0, 0.1) is 5.92 Å². The Kier molecular flexibility index (Phi) is 5.40. The van der Waals surface area contributed by atoms with Crippen LogP contribution >= 0.6 is 0 Å². The van der Waals surface area contributed by atoms with Gasteiger partial charge in [-0.3, -0.25) is 14.5 Å². The van der Waals surface area contributed by atoms with E-state index < -0.39 is 0 Å². The van der Waals surface area contributed by atoms with Crippen molar-refractivity contribution in [3.63, 3.8) is 0 Å². The van der Waals surface area contributed by atoms with E-state index in [-0.39, 0.29) is 17.2 Å². The van der Waals surface area contributed by atoms with Gasteiger partial charge in [-0.05, 0) is 36.1 Å². The molecule has 1 aromatic heterocycles. The van der Waals surface area contributed by atoms with Gasteiger partial charge in [0.25, 0.3) is 11.5 Å². The summed E-state index contributed by atoms with van der Waals surface area (Å²) in [5, 5.41) is 8.91. The van der Waals surface area contributed by atoms with Crippen LogP contribution in [0.25, 0.3) is 6.08 Å². The summed E-state index contributed by atoms with van der Waals surface area (Å²) in [5.74, 6) is 0.169. The maximum Gasteiger partial charge on any atom is 0.271 e. The Labute approximate surface area is 146 Å². The molecule has 1 fully saturated rings. The van der Waals surface area contributed by atoms with Crippen molar-refractivity contribution in [1.82, 2.24) is 20.4 Å². The predicted molar refractivity (Wildman–Crippen MR) is 97.1 cm³/mol. The van der Waals surface area contributed by atoms with E-state index in [4.69, 9.17) is 0 Å². The average molecular weight is 338 g/mol. The standard InChI is InChI=1S/C19H22N4O2/c1-2-14-4-3-5-15(10-14)12-23-9-8-16(13-23)11-20-19(25)17-6-7-18(24)22-21-17/h2-7,10,16H,1,8-9,11-13H2,(H,20,25)(H,22,24)/t16-/m1/s1. The molecule has 130 valence electrons. The molecular formula is C19H22N4O2. The van der Waals surface area contributed by atoms with Crippen LogP contribution in [0.3, 0.4) is 0 Å². The van der Waals surface area contributed by atoms with Crippen LogP contribution < -0.4 is 10.9 Å². The quantitative estimate of drug-likeness (QED) is 0.840. The third-order valence-electron chi connectivity index (χ3n) is 4.43. The number of hydrogen-bond acceptors (Lipinski definition) is 4. The SMILES string of the molecule is C=Cc1cccc(CN2CC[C@H](CNC(=O)c3ccc(=O)[nH]n3)C2)c1. The maximum absolute atomic E-state index is 12.0. The monoisotopic (exact) mass is 338 g/mol. The van der Waals surface area contributed by atoms with E-state index in [9.17, 15) is 9.59 Å². The first-order chi connectivity index (χ1) is 12.1. The van der Waals surface area contributed by atoms with Crippen molar-refractivity contribution in [3.8, 4) is 0 Å². The second-order valence-corrected chi connectivity index (χ2v) is 6.36. The van der Waals surface area contributed by atoms with Crippen LogP contribution in [0.5, 0.6) is 0 Å². The maximum atomic E-state index is 12.0. The Hall–Kier alpha value is -2.73. The number of nitrogens with one attached hydrogen (secondary N) is 2. The highest BCUT2D eigenvalue weighted by Crippen LogP contribution is 2.19. The second kappa shape index (κ2) is 7.90. The zero-order valence-electron chi connectivity index (χ0n) is 14.1. The molecular weight excluding hydrogens is 316 g/mol. The molecule has 2 N–H and O–H groups in total. The summed E-state index contributed by atoms with van der Waals surface area (Å²) in [5.41, 5.74) is 2.33. The van der Waals surface area contributed by atoms with Crippen molar-refractivity contribution in [2.24, 2.45) is 5.92 Å². The number of benzene rings is 1. The number of hydrogen-bond donors (Lipinski definition) is 2. The van der Waals surface area contributed by atoms with Gasteiger partial charge in [0.05, 0.1) is 0 Å². The summed E-state index contributed by atoms with van der Waals surface area (Å²) in [6.07, 6.45) is 2.91. The van der Waals surface area contributed by atoms with E-state index in [1.807, 2.05) is 12.1 Å². The Morgan fingerprint density at radius 1 is 1.40 bits per heavy atom. The molecule has 6 heteroatoms. The van der Waals surface area contributed by atoms with Crippen molar-refractivity contribution >= 4 is 12.0 Å². The average Bonchev–Trinajstić information content (AvgIpc) is 3.08. The third kappa shape index (κ3) is 4.64. The van der Waals surface area contributed by atoms with E-state index in [1.165, 1.54) is 17.7 Å². The van der Waals surface area contributed by atoms with Crippen LogP contribution in [-0.4, -0.2) is 40.6 Å². The van der Waals surface area contributed by atoms with Crippen LogP contribution in [0.2, 0.25) is 0 Å². The highest BCUT2D eigenvalue weighted by molar-refractivity contribution is 5.91. The van der Waals surface area contributed by atoms with Gasteiger partial charge in [0, 0.05) is 25.7 Å². The van der Waals surface area contributed by atoms with Gasteiger partial charge < -0.3 is 5.32 Å². The molecule has 1 aliphatic heterocycles. The van der Waals surface area contributed by atoms with Gasteiger partial charge in [-0.25, -0.2) is 5.10 Å². The predicted octanol–water partition coefficient (Wildman–Crippen LogP) is 1.66. The zero-order valence-corrected chi connectivity index (χ0v) is 14.1. The fraction of sp³-hybridized carbons (Fsp3) is 0.316. The number of H-pyrrole nitrogens is 1. The Bertz CT molecular complexity index is 795. The molecule has 1 atom stereocenters. The molecule has 0 radical (unpaired) electrons. The van der Waals surface area contributed by atoms with Crippen molar-refractivity contribution < 1.29 is 4.79 Å². The lowest BCUT2D eigenvalue weighted by atomic mass is 10.1. The number of aromatic nitrogens is 2. The van der Waals surface area contributed by atoms with Crippen LogP contribution in [-0.2, 0) is 6.54 Å². The van der Waals surface area contributed by atoms with Crippen LogP contribution in [0.4, 0.5) is 0 Å². The molecule has 6 nitrogen and oxygen atoms in total. The third-order valence-corrected chi connectivity index (χ3v) is 4.43. The normalized spacial score (nSPS) is 17.4. The molecule has 1 amide bonds. The van der Waals surface area contributed by atoms with Crippen molar-refractivity contribution in [2.45, 2.75) is 13.0 Å². The second-order valence-electron chi connectivity index (χ2n) is 6.36. The Morgan fingerprint density at radius 2 is 2.28 bits per heavy atom. The highest BCUT2D eigenvalue weighted by atomic mass is 16.2. The molecule has 1 saturated heterocycles. The summed E-state index contributed by atoms with van der Waals surface area (Å²) in [4.78, 5) is 25.4. The molecule has 0 spiro atoms. The van der Waals surface area contributed by atoms with E-state index >= 15 is 0 Å². The number of likely N-dealkylation sites (tertiary alicyclic amines) is 1. The minimum absolute atomic E-state index is 0.232. The number of rotatable bonds is 6. The molecule has 0 saturated carbocycles. The van der Waals surface area contributed by atoms with Crippen LogP contribution in [0.1, 0.15) is 28.0 Å². The first-order valence-electron chi connectivity index (χ1n) is 8.41. The lowest BCUT2D eigenvalue weighted by Gasteiger charge is -2.16. The largest absolute Gasteiger partial charge is 0.350 e. The molecule has 2 heterocycles. The Morgan fingerprint density at radius 3 is 3.04 bits per heavy atom. The minimum Gasteiger partial charge on any atom is -0.350 e. The van der Waals surface area contributed by atoms with Gasteiger partial charge in [0.2, 0.25) is 0 Å². The number of carbonyl (C=O) groups is 1. The summed E-state index contributed by atoms with van der Waals surface area (Å²) < 4.78 is 0. The van der Waals surface area contributed by atoms with Crippen molar-refractivity contribution in [1.29, 1.82) is 0 Å². The first-order valence-corrected chi connectivity index (χ1v) is 8.41. The molecule has 3 rings (SSSR count). The number of nitrogens with zero attached hydrogens (tertiary/aromatic N) is 2. The topological polar surface area (TPSA) is 78.1 Å². The van der Waals surface area contributed by atoms with Gasteiger partial charge in [-0.15, -0.1) is 0 Å². The molecule has 1 aromatic carbocycles. The van der Waals surface area contributed by atoms with E-state index in [0.29, 0.717) is 12.5 Å². The number of aromatic amines is 1. The fourth-order valence-corrected chi connectivity index (χ4v) is 3.10. The Balaban J connectivity index is 1.47. The fourth-order valence-electron chi connectivity index (χ4n) is 3.10.